The SMILES string of the molecule is O=C(O)c1ccc(-c2ccc(CCS)c3nsnc23)cc1. The smallest absolute Gasteiger partial charge is 0.335 e. The summed E-state index contributed by atoms with van der Waals surface area (Å²) in [5.41, 5.74) is 5.10. The van der Waals surface area contributed by atoms with E-state index in [-0.39, 0.29) is 5.56 Å². The second kappa shape index (κ2) is 5.83. The summed E-state index contributed by atoms with van der Waals surface area (Å²) in [6, 6.07) is 10.9. The summed E-state index contributed by atoms with van der Waals surface area (Å²) in [4.78, 5) is 10.9. The number of rotatable bonds is 4. The molecule has 0 amide bonds. The lowest BCUT2D eigenvalue weighted by Gasteiger charge is -2.06. The van der Waals surface area contributed by atoms with Gasteiger partial charge in [-0.15, -0.1) is 0 Å². The first-order chi connectivity index (χ1) is 10.2. The van der Waals surface area contributed by atoms with Crippen molar-refractivity contribution in [2.24, 2.45) is 0 Å². The molecule has 0 aliphatic rings. The number of benzene rings is 2. The van der Waals surface area contributed by atoms with Crippen LogP contribution in [0.1, 0.15) is 15.9 Å². The number of thiol groups is 1. The monoisotopic (exact) mass is 316 g/mol. The van der Waals surface area contributed by atoms with Crippen molar-refractivity contribution in [2.45, 2.75) is 6.42 Å². The van der Waals surface area contributed by atoms with Crippen LogP contribution in [0.25, 0.3) is 22.2 Å². The van der Waals surface area contributed by atoms with Crippen LogP contribution in [-0.2, 0) is 6.42 Å². The molecule has 0 fully saturated rings. The van der Waals surface area contributed by atoms with Crippen molar-refractivity contribution in [2.75, 3.05) is 5.75 Å². The van der Waals surface area contributed by atoms with Crippen LogP contribution in [0, 0.1) is 0 Å². The molecule has 6 heteroatoms. The zero-order chi connectivity index (χ0) is 14.8. The molecule has 21 heavy (non-hydrogen) atoms. The maximum Gasteiger partial charge on any atom is 0.335 e. The van der Waals surface area contributed by atoms with E-state index in [0.29, 0.717) is 0 Å². The first-order valence-electron chi connectivity index (χ1n) is 6.39. The number of nitrogens with zero attached hydrogens (tertiary/aromatic N) is 2. The number of carbonyl (C=O) groups is 1. The first kappa shape index (κ1) is 14.0. The Morgan fingerprint density at radius 1 is 1.10 bits per heavy atom. The Balaban J connectivity index is 2.10. The number of aryl methyl sites for hydroxylation is 1. The number of carboxylic acids is 1. The minimum Gasteiger partial charge on any atom is -0.478 e. The van der Waals surface area contributed by atoms with E-state index in [1.54, 1.807) is 24.3 Å². The van der Waals surface area contributed by atoms with Crippen molar-refractivity contribution in [3.05, 3.63) is 47.5 Å². The molecule has 0 aliphatic heterocycles. The Kier molecular flexibility index (Phi) is 3.90. The van der Waals surface area contributed by atoms with Crippen LogP contribution < -0.4 is 0 Å². The molecule has 0 saturated heterocycles. The molecule has 0 saturated carbocycles. The van der Waals surface area contributed by atoms with E-state index in [1.807, 2.05) is 12.1 Å². The van der Waals surface area contributed by atoms with E-state index >= 15 is 0 Å². The van der Waals surface area contributed by atoms with Crippen LogP contribution in [0.5, 0.6) is 0 Å². The maximum absolute atomic E-state index is 10.9. The minimum absolute atomic E-state index is 0.276. The average Bonchev–Trinajstić information content (AvgIpc) is 2.98. The highest BCUT2D eigenvalue weighted by Crippen LogP contribution is 2.30. The highest BCUT2D eigenvalue weighted by atomic mass is 32.1. The molecule has 0 spiro atoms. The van der Waals surface area contributed by atoms with Gasteiger partial charge in [-0.2, -0.15) is 21.4 Å². The van der Waals surface area contributed by atoms with Crippen molar-refractivity contribution < 1.29 is 9.90 Å². The minimum atomic E-state index is -0.925. The second-order valence-corrected chi connectivity index (χ2v) is 5.57. The Bertz CT molecular complexity index is 797. The molecule has 0 bridgehead atoms. The van der Waals surface area contributed by atoms with Gasteiger partial charge >= 0.3 is 5.97 Å². The third-order valence-corrected chi connectivity index (χ3v) is 4.08. The molecule has 106 valence electrons. The number of hydrogen-bond acceptors (Lipinski definition) is 5. The Labute approximate surface area is 131 Å². The van der Waals surface area contributed by atoms with Crippen LogP contribution >= 0.6 is 24.4 Å². The van der Waals surface area contributed by atoms with Gasteiger partial charge in [-0.1, -0.05) is 24.3 Å². The number of hydrogen-bond donors (Lipinski definition) is 2. The van der Waals surface area contributed by atoms with Gasteiger partial charge in [-0.05, 0) is 35.4 Å². The third kappa shape index (κ3) is 2.64. The van der Waals surface area contributed by atoms with Crippen molar-refractivity contribution in [1.29, 1.82) is 0 Å². The molecular formula is C15H12N2O2S2. The molecule has 0 atom stereocenters. The quantitative estimate of drug-likeness (QED) is 0.723. The van der Waals surface area contributed by atoms with Gasteiger partial charge in [-0.25, -0.2) is 4.79 Å². The van der Waals surface area contributed by atoms with Crippen molar-refractivity contribution >= 4 is 41.4 Å². The molecule has 0 radical (unpaired) electrons. The van der Waals surface area contributed by atoms with E-state index in [1.165, 1.54) is 11.7 Å². The van der Waals surface area contributed by atoms with Crippen LogP contribution in [0.15, 0.2) is 36.4 Å². The molecule has 0 unspecified atom stereocenters. The van der Waals surface area contributed by atoms with Crippen LogP contribution in [0.4, 0.5) is 0 Å². The van der Waals surface area contributed by atoms with Gasteiger partial charge in [-0.3, -0.25) is 0 Å². The zero-order valence-corrected chi connectivity index (χ0v) is 12.7. The van der Waals surface area contributed by atoms with Gasteiger partial charge in [0.05, 0.1) is 17.3 Å². The fraction of sp³-hybridized carbons (Fsp3) is 0.133. The topological polar surface area (TPSA) is 63.1 Å². The lowest BCUT2D eigenvalue weighted by atomic mass is 9.99. The molecule has 1 aromatic heterocycles. The summed E-state index contributed by atoms with van der Waals surface area (Å²) in [5, 5.41) is 8.95. The molecular weight excluding hydrogens is 304 g/mol. The predicted molar refractivity (Wildman–Crippen MR) is 87.4 cm³/mol. The zero-order valence-electron chi connectivity index (χ0n) is 11.0. The van der Waals surface area contributed by atoms with Gasteiger partial charge in [0.1, 0.15) is 11.0 Å². The lowest BCUT2D eigenvalue weighted by molar-refractivity contribution is 0.0697. The number of aromatic carboxylic acids is 1. The summed E-state index contributed by atoms with van der Waals surface area (Å²) in [5.74, 6) is -0.162. The fourth-order valence-corrected chi connectivity index (χ4v) is 3.10. The molecule has 1 heterocycles. The first-order valence-corrected chi connectivity index (χ1v) is 7.75. The highest BCUT2D eigenvalue weighted by Gasteiger charge is 2.12. The number of carboxylic acid groups (broad SMARTS) is 1. The average molecular weight is 316 g/mol. The van der Waals surface area contributed by atoms with E-state index < -0.39 is 5.97 Å². The molecule has 3 rings (SSSR count). The van der Waals surface area contributed by atoms with E-state index in [2.05, 4.69) is 21.4 Å². The molecule has 0 aliphatic carbocycles. The fourth-order valence-electron chi connectivity index (χ4n) is 2.27. The Morgan fingerprint density at radius 3 is 2.48 bits per heavy atom. The lowest BCUT2D eigenvalue weighted by Crippen LogP contribution is -1.95. The van der Waals surface area contributed by atoms with Gasteiger partial charge in [0.15, 0.2) is 0 Å². The molecule has 4 nitrogen and oxygen atoms in total. The normalized spacial score (nSPS) is 10.9. The van der Waals surface area contributed by atoms with Crippen molar-refractivity contribution in [3.8, 4) is 11.1 Å². The van der Waals surface area contributed by atoms with E-state index in [4.69, 9.17) is 5.11 Å². The maximum atomic E-state index is 10.9. The van der Waals surface area contributed by atoms with Gasteiger partial charge in [0.25, 0.3) is 0 Å². The molecule has 2 aromatic carbocycles. The summed E-state index contributed by atoms with van der Waals surface area (Å²) in [7, 11) is 0. The highest BCUT2D eigenvalue weighted by molar-refractivity contribution is 7.80. The largest absolute Gasteiger partial charge is 0.478 e. The standard InChI is InChI=1S/C15H12N2O2S2/c18-15(19)11-3-1-9(2-4-11)12-6-5-10(7-8-20)13-14(12)17-21-16-13/h1-6,20H,7-8H2,(H,18,19). The Morgan fingerprint density at radius 2 is 1.81 bits per heavy atom. The van der Waals surface area contributed by atoms with Crippen LogP contribution in [0.3, 0.4) is 0 Å². The van der Waals surface area contributed by atoms with E-state index in [0.717, 1.165) is 39.9 Å². The predicted octanol–water partition coefficient (Wildman–Crippen LogP) is 3.53. The van der Waals surface area contributed by atoms with Crippen LogP contribution in [-0.4, -0.2) is 25.6 Å². The summed E-state index contributed by atoms with van der Waals surface area (Å²) in [6.07, 6.45) is 0.850. The second-order valence-electron chi connectivity index (χ2n) is 4.59. The Hall–Kier alpha value is -1.92. The van der Waals surface area contributed by atoms with E-state index in [9.17, 15) is 4.79 Å². The van der Waals surface area contributed by atoms with Crippen molar-refractivity contribution in [1.82, 2.24) is 8.75 Å². The molecule has 3 aromatic rings. The number of fused-ring (bicyclic) bond motifs is 1. The van der Waals surface area contributed by atoms with Crippen molar-refractivity contribution in [3.63, 3.8) is 0 Å². The van der Waals surface area contributed by atoms with Crippen LogP contribution in [0.2, 0.25) is 0 Å². The van der Waals surface area contributed by atoms with Gasteiger partial charge in [0.2, 0.25) is 0 Å². The third-order valence-electron chi connectivity index (χ3n) is 3.32. The van der Waals surface area contributed by atoms with Gasteiger partial charge in [0, 0.05) is 5.56 Å². The summed E-state index contributed by atoms with van der Waals surface area (Å²) >= 11 is 5.45. The summed E-state index contributed by atoms with van der Waals surface area (Å²) in [6.45, 7) is 0. The van der Waals surface area contributed by atoms with Gasteiger partial charge < -0.3 is 5.11 Å². The molecule has 1 N–H and O–H groups in total. The number of aromatic nitrogens is 2. The summed E-state index contributed by atoms with van der Waals surface area (Å²) < 4.78 is 8.76.